The second-order valence-electron chi connectivity index (χ2n) is 8.00. The average molecular weight is 364 g/mol. The van der Waals surface area contributed by atoms with Gasteiger partial charge in [0.15, 0.2) is 5.65 Å². The minimum atomic E-state index is 0.488. The minimum Gasteiger partial charge on any atom is -0.308 e. The highest BCUT2D eigenvalue weighted by atomic mass is 15.3. The number of pyridine rings is 1. The second-order valence-corrected chi connectivity index (χ2v) is 8.00. The van der Waals surface area contributed by atoms with Crippen molar-refractivity contribution in [2.24, 2.45) is 0 Å². The van der Waals surface area contributed by atoms with Gasteiger partial charge in [-0.05, 0) is 51.7 Å². The molecule has 5 nitrogen and oxygen atoms in total. The number of hydrogen-bond acceptors (Lipinski definition) is 4. The number of likely N-dealkylation sites (N-methyl/N-ethyl adjacent to an activating group) is 1. The van der Waals surface area contributed by atoms with Gasteiger partial charge in [-0.3, -0.25) is 4.90 Å². The quantitative estimate of drug-likeness (QED) is 0.673. The first-order valence-corrected chi connectivity index (χ1v) is 9.84. The summed E-state index contributed by atoms with van der Waals surface area (Å²) >= 11 is 0. The zero-order valence-electron chi connectivity index (χ0n) is 16.6. The maximum Gasteiger partial charge on any atom is 0.158 e. The topological polar surface area (TPSA) is 37.2 Å². The summed E-state index contributed by atoms with van der Waals surface area (Å²) in [5.74, 6) is 0.488. The van der Waals surface area contributed by atoms with Crippen LogP contribution in [0.15, 0.2) is 42.6 Å². The van der Waals surface area contributed by atoms with Gasteiger partial charge in [-0.2, -0.15) is 5.10 Å². The van der Waals surface area contributed by atoms with E-state index in [9.17, 15) is 0 Å². The lowest BCUT2D eigenvalue weighted by Gasteiger charge is -2.16. The average Bonchev–Trinajstić information content (AvgIpc) is 3.24. The van der Waals surface area contributed by atoms with Crippen LogP contribution in [0.25, 0.3) is 11.0 Å². The molecule has 1 fully saturated rings. The van der Waals surface area contributed by atoms with Gasteiger partial charge in [-0.15, -0.1) is 0 Å². The summed E-state index contributed by atoms with van der Waals surface area (Å²) < 4.78 is 2.09. The number of hydrogen-bond donors (Lipinski definition) is 0. The summed E-state index contributed by atoms with van der Waals surface area (Å²) in [5.41, 5.74) is 4.98. The van der Waals surface area contributed by atoms with Crippen LogP contribution >= 0.6 is 0 Å². The van der Waals surface area contributed by atoms with Crippen LogP contribution in [0.2, 0.25) is 0 Å². The first-order valence-electron chi connectivity index (χ1n) is 9.84. The maximum absolute atomic E-state index is 5.00. The molecular formula is C22H29N5. The Bertz CT molecular complexity index is 914. The fourth-order valence-electron chi connectivity index (χ4n) is 4.05. The summed E-state index contributed by atoms with van der Waals surface area (Å²) in [6.45, 7) is 7.23. The van der Waals surface area contributed by atoms with Gasteiger partial charge >= 0.3 is 0 Å². The molecular weight excluding hydrogens is 334 g/mol. The second kappa shape index (κ2) is 7.79. The molecule has 1 aliphatic heterocycles. The number of benzene rings is 1. The predicted molar refractivity (Wildman–Crippen MR) is 110 cm³/mol. The molecule has 142 valence electrons. The van der Waals surface area contributed by atoms with E-state index in [4.69, 9.17) is 5.10 Å². The molecule has 0 aliphatic carbocycles. The van der Waals surface area contributed by atoms with Crippen molar-refractivity contribution in [2.75, 3.05) is 33.7 Å². The molecule has 0 N–H and O–H groups in total. The van der Waals surface area contributed by atoms with Crippen LogP contribution in [0.3, 0.4) is 0 Å². The Hall–Kier alpha value is -2.24. The number of likely N-dealkylation sites (tertiary alicyclic amines) is 1. The highest BCUT2D eigenvalue weighted by Gasteiger charge is 2.28. The Balaban J connectivity index is 1.52. The van der Waals surface area contributed by atoms with E-state index in [2.05, 4.69) is 70.8 Å². The van der Waals surface area contributed by atoms with E-state index in [1.807, 2.05) is 12.3 Å². The highest BCUT2D eigenvalue weighted by Crippen LogP contribution is 2.32. The van der Waals surface area contributed by atoms with E-state index in [0.29, 0.717) is 5.92 Å². The van der Waals surface area contributed by atoms with E-state index >= 15 is 0 Å². The summed E-state index contributed by atoms with van der Waals surface area (Å²) in [7, 11) is 4.19. The molecule has 1 aliphatic rings. The molecule has 0 saturated carbocycles. The lowest BCUT2D eigenvalue weighted by Crippen LogP contribution is -2.20. The Morgan fingerprint density at radius 3 is 2.89 bits per heavy atom. The fourth-order valence-corrected chi connectivity index (χ4v) is 4.05. The molecule has 0 bridgehead atoms. The standard InChI is InChI=1S/C22H29N5/c1-17-6-4-7-18(14-17)15-26-11-9-19(16-26)21-20-8-5-10-23-22(20)27(24-21)13-12-25(2)3/h4-8,10,14,19H,9,11-13,15-16H2,1-3H3. The zero-order valence-corrected chi connectivity index (χ0v) is 16.6. The van der Waals surface area contributed by atoms with Crippen LogP contribution < -0.4 is 0 Å². The lowest BCUT2D eigenvalue weighted by atomic mass is 10.0. The van der Waals surface area contributed by atoms with Gasteiger partial charge in [-0.1, -0.05) is 29.8 Å². The van der Waals surface area contributed by atoms with Crippen molar-refractivity contribution < 1.29 is 0 Å². The van der Waals surface area contributed by atoms with Crippen LogP contribution in [0.5, 0.6) is 0 Å². The molecule has 27 heavy (non-hydrogen) atoms. The van der Waals surface area contributed by atoms with Gasteiger partial charge in [0, 0.05) is 37.1 Å². The molecule has 1 atom stereocenters. The molecule has 5 heteroatoms. The van der Waals surface area contributed by atoms with Crippen molar-refractivity contribution in [1.29, 1.82) is 0 Å². The SMILES string of the molecule is Cc1cccc(CN2CCC(c3nn(CCN(C)C)c4ncccc34)C2)c1. The Labute approximate surface area is 161 Å². The van der Waals surface area contributed by atoms with E-state index in [-0.39, 0.29) is 0 Å². The van der Waals surface area contributed by atoms with Crippen molar-refractivity contribution >= 4 is 11.0 Å². The molecule has 0 amide bonds. The number of fused-ring (bicyclic) bond motifs is 1. The Morgan fingerprint density at radius 2 is 2.07 bits per heavy atom. The highest BCUT2D eigenvalue weighted by molar-refractivity contribution is 5.78. The van der Waals surface area contributed by atoms with Crippen molar-refractivity contribution in [3.05, 3.63) is 59.4 Å². The summed E-state index contributed by atoms with van der Waals surface area (Å²) in [5, 5.41) is 6.22. The van der Waals surface area contributed by atoms with Crippen LogP contribution in [0, 0.1) is 6.92 Å². The first-order chi connectivity index (χ1) is 13.1. The molecule has 0 radical (unpaired) electrons. The number of rotatable bonds is 6. The Morgan fingerprint density at radius 1 is 1.19 bits per heavy atom. The van der Waals surface area contributed by atoms with Gasteiger partial charge in [-0.25, -0.2) is 9.67 Å². The molecule has 3 aromatic rings. The smallest absolute Gasteiger partial charge is 0.158 e. The van der Waals surface area contributed by atoms with Gasteiger partial charge in [0.1, 0.15) is 0 Å². The molecule has 3 heterocycles. The minimum absolute atomic E-state index is 0.488. The van der Waals surface area contributed by atoms with Crippen molar-refractivity contribution in [1.82, 2.24) is 24.6 Å². The number of nitrogens with zero attached hydrogens (tertiary/aromatic N) is 5. The predicted octanol–water partition coefficient (Wildman–Crippen LogP) is 3.29. The molecule has 1 unspecified atom stereocenters. The van der Waals surface area contributed by atoms with Gasteiger partial charge < -0.3 is 4.90 Å². The third kappa shape index (κ3) is 4.04. The van der Waals surface area contributed by atoms with Crippen LogP contribution in [-0.2, 0) is 13.1 Å². The van der Waals surface area contributed by atoms with Crippen molar-refractivity contribution in [2.45, 2.75) is 32.4 Å². The molecule has 1 aromatic carbocycles. The largest absolute Gasteiger partial charge is 0.308 e. The van der Waals surface area contributed by atoms with Gasteiger partial charge in [0.05, 0.1) is 12.2 Å². The third-order valence-corrected chi connectivity index (χ3v) is 5.44. The lowest BCUT2D eigenvalue weighted by molar-refractivity contribution is 0.326. The van der Waals surface area contributed by atoms with Crippen LogP contribution in [0.4, 0.5) is 0 Å². The van der Waals surface area contributed by atoms with E-state index < -0.39 is 0 Å². The fraction of sp³-hybridized carbons (Fsp3) is 0.455. The summed E-state index contributed by atoms with van der Waals surface area (Å²) in [6.07, 6.45) is 3.04. The number of aromatic nitrogens is 3. The maximum atomic E-state index is 5.00. The normalized spacial score (nSPS) is 18.0. The Kier molecular flexibility index (Phi) is 5.23. The zero-order chi connectivity index (χ0) is 18.8. The molecule has 1 saturated heterocycles. The van der Waals surface area contributed by atoms with Gasteiger partial charge in [0.2, 0.25) is 0 Å². The third-order valence-electron chi connectivity index (χ3n) is 5.44. The molecule has 4 rings (SSSR count). The van der Waals surface area contributed by atoms with Crippen molar-refractivity contribution in [3.63, 3.8) is 0 Å². The van der Waals surface area contributed by atoms with E-state index in [1.54, 1.807) is 0 Å². The molecule has 2 aromatic heterocycles. The van der Waals surface area contributed by atoms with Crippen molar-refractivity contribution in [3.8, 4) is 0 Å². The summed E-state index contributed by atoms with van der Waals surface area (Å²) in [6, 6.07) is 13.1. The number of aryl methyl sites for hydroxylation is 1. The van der Waals surface area contributed by atoms with Gasteiger partial charge in [0.25, 0.3) is 0 Å². The van der Waals surface area contributed by atoms with E-state index in [1.165, 1.54) is 28.6 Å². The van der Waals surface area contributed by atoms with E-state index in [0.717, 1.165) is 38.4 Å². The van der Waals surface area contributed by atoms with Crippen LogP contribution in [0.1, 0.15) is 29.2 Å². The summed E-state index contributed by atoms with van der Waals surface area (Å²) in [4.78, 5) is 9.36. The monoisotopic (exact) mass is 363 g/mol. The first kappa shape index (κ1) is 18.1. The molecule has 0 spiro atoms. The van der Waals surface area contributed by atoms with Crippen LogP contribution in [-0.4, -0.2) is 58.3 Å².